The molecule has 54 valence electrons. The van der Waals surface area contributed by atoms with Gasteiger partial charge < -0.3 is 5.73 Å². The topological polar surface area (TPSA) is 66.6 Å². The molecule has 0 aromatic carbocycles. The Kier molecular flexibility index (Phi) is 2.90. The number of carbonyl (C=O) groups is 1. The number of carbonyl (C=O) groups excluding carboxylic acids is 1. The van der Waals surface area contributed by atoms with Crippen LogP contribution in [0.15, 0.2) is 0 Å². The molecule has 1 aliphatic heterocycles. The normalized spacial score (nSPS) is 26.2. The zero-order valence-electron chi connectivity index (χ0n) is 4.78. The smallest absolute Gasteiger partial charge is 0.247 e. The van der Waals surface area contributed by atoms with Crippen molar-refractivity contribution in [3.63, 3.8) is 0 Å². The van der Waals surface area contributed by atoms with E-state index >= 15 is 0 Å². The van der Waals surface area contributed by atoms with E-state index in [1.165, 1.54) is 0 Å². The molecule has 1 aliphatic rings. The monoisotopic (exact) mass is 152 g/mol. The molecule has 1 heterocycles. The molecular formula is C4H9ClN2O2. The first-order valence-corrected chi connectivity index (χ1v) is 2.45. The van der Waals surface area contributed by atoms with E-state index in [2.05, 4.69) is 0 Å². The van der Waals surface area contributed by atoms with Crippen LogP contribution in [0.25, 0.3) is 0 Å². The third kappa shape index (κ3) is 1.82. The van der Waals surface area contributed by atoms with E-state index in [1.54, 1.807) is 0 Å². The molecule has 1 unspecified atom stereocenters. The Morgan fingerprint density at radius 1 is 1.78 bits per heavy atom. The number of nitrogens with two attached hydrogens (primary N) is 1. The lowest BCUT2D eigenvalue weighted by Crippen LogP contribution is -2.24. The van der Waals surface area contributed by atoms with Crippen molar-refractivity contribution < 1.29 is 10.0 Å². The van der Waals surface area contributed by atoms with Crippen molar-refractivity contribution in [3.05, 3.63) is 0 Å². The number of halogens is 1. The molecule has 0 spiro atoms. The van der Waals surface area contributed by atoms with Crippen molar-refractivity contribution in [2.75, 3.05) is 6.54 Å². The molecule has 1 amide bonds. The Bertz CT molecular complexity index is 119. The highest BCUT2D eigenvalue weighted by molar-refractivity contribution is 5.85. The third-order valence-electron chi connectivity index (χ3n) is 1.13. The van der Waals surface area contributed by atoms with Gasteiger partial charge in [0.2, 0.25) is 5.91 Å². The number of hydrogen-bond donors (Lipinski definition) is 2. The first-order chi connectivity index (χ1) is 3.70. The van der Waals surface area contributed by atoms with Crippen molar-refractivity contribution in [2.45, 2.75) is 12.5 Å². The fraction of sp³-hybridized carbons (Fsp3) is 0.750. The molecule has 1 fully saturated rings. The van der Waals surface area contributed by atoms with Gasteiger partial charge in [0, 0.05) is 12.5 Å². The van der Waals surface area contributed by atoms with Gasteiger partial charge in [-0.05, 0) is 0 Å². The molecule has 1 atom stereocenters. The van der Waals surface area contributed by atoms with Crippen molar-refractivity contribution in [2.24, 2.45) is 5.73 Å². The van der Waals surface area contributed by atoms with Crippen molar-refractivity contribution in [1.29, 1.82) is 0 Å². The van der Waals surface area contributed by atoms with Crippen LogP contribution >= 0.6 is 12.4 Å². The van der Waals surface area contributed by atoms with Gasteiger partial charge in [-0.2, -0.15) is 0 Å². The summed E-state index contributed by atoms with van der Waals surface area (Å²) in [6.07, 6.45) is 0.274. The van der Waals surface area contributed by atoms with Crippen LogP contribution < -0.4 is 5.73 Å². The molecule has 1 saturated heterocycles. The summed E-state index contributed by atoms with van der Waals surface area (Å²) in [6, 6.07) is -0.174. The molecule has 0 aliphatic carbocycles. The summed E-state index contributed by atoms with van der Waals surface area (Å²) >= 11 is 0. The number of amides is 1. The second-order valence-corrected chi connectivity index (χ2v) is 1.94. The quantitative estimate of drug-likeness (QED) is 0.454. The lowest BCUT2D eigenvalue weighted by Gasteiger charge is -2.02. The van der Waals surface area contributed by atoms with Gasteiger partial charge in [0.25, 0.3) is 0 Å². The predicted molar refractivity (Wildman–Crippen MR) is 33.3 cm³/mol. The zero-order valence-corrected chi connectivity index (χ0v) is 5.60. The van der Waals surface area contributed by atoms with Gasteiger partial charge >= 0.3 is 0 Å². The molecule has 0 aromatic rings. The van der Waals surface area contributed by atoms with Gasteiger partial charge in [0.05, 0.1) is 6.54 Å². The van der Waals surface area contributed by atoms with Crippen LogP contribution in [0.5, 0.6) is 0 Å². The van der Waals surface area contributed by atoms with Crippen LogP contribution in [0.3, 0.4) is 0 Å². The minimum absolute atomic E-state index is 0. The Balaban J connectivity index is 0.000000640. The first-order valence-electron chi connectivity index (χ1n) is 2.45. The lowest BCUT2D eigenvalue weighted by atomic mass is 10.3. The summed E-state index contributed by atoms with van der Waals surface area (Å²) in [5, 5.41) is 9.23. The molecule has 9 heavy (non-hydrogen) atoms. The van der Waals surface area contributed by atoms with Crippen LogP contribution in [0.2, 0.25) is 0 Å². The average Bonchev–Trinajstić information content (AvgIpc) is 1.85. The van der Waals surface area contributed by atoms with Gasteiger partial charge in [0.1, 0.15) is 0 Å². The summed E-state index contributed by atoms with van der Waals surface area (Å²) in [5.74, 6) is -0.280. The minimum Gasteiger partial charge on any atom is -0.326 e. The maximum atomic E-state index is 10.4. The standard InChI is InChI=1S/C4H8N2O2.ClH/c5-3-1-4(7)6(8)2-3;/h3,8H,1-2,5H2;1H. The maximum absolute atomic E-state index is 10.4. The Labute approximate surface area is 59.0 Å². The van der Waals surface area contributed by atoms with E-state index in [-0.39, 0.29) is 37.3 Å². The number of hydrogen-bond acceptors (Lipinski definition) is 3. The highest BCUT2D eigenvalue weighted by Crippen LogP contribution is 2.04. The van der Waals surface area contributed by atoms with E-state index in [4.69, 9.17) is 10.9 Å². The average molecular weight is 153 g/mol. The first kappa shape index (κ1) is 8.68. The Morgan fingerprint density at radius 2 is 2.33 bits per heavy atom. The van der Waals surface area contributed by atoms with E-state index in [0.717, 1.165) is 0 Å². The van der Waals surface area contributed by atoms with Gasteiger partial charge in [-0.25, -0.2) is 5.06 Å². The zero-order chi connectivity index (χ0) is 6.15. The predicted octanol–water partition coefficient (Wildman–Crippen LogP) is -0.643. The molecule has 0 radical (unpaired) electrons. The largest absolute Gasteiger partial charge is 0.326 e. The minimum atomic E-state index is -0.280. The van der Waals surface area contributed by atoms with E-state index in [0.29, 0.717) is 5.06 Å². The molecular weight excluding hydrogens is 144 g/mol. The fourth-order valence-corrected chi connectivity index (χ4v) is 0.718. The molecule has 3 N–H and O–H groups in total. The van der Waals surface area contributed by atoms with Crippen LogP contribution in [0.1, 0.15) is 6.42 Å². The second kappa shape index (κ2) is 3.00. The highest BCUT2D eigenvalue weighted by atomic mass is 35.5. The van der Waals surface area contributed by atoms with Gasteiger partial charge in [-0.15, -0.1) is 12.4 Å². The van der Waals surface area contributed by atoms with E-state index in [1.807, 2.05) is 0 Å². The number of nitrogens with zero attached hydrogens (tertiary/aromatic N) is 1. The van der Waals surface area contributed by atoms with Crippen LogP contribution in [-0.4, -0.2) is 28.8 Å². The second-order valence-electron chi connectivity index (χ2n) is 1.94. The van der Waals surface area contributed by atoms with E-state index < -0.39 is 0 Å². The fourth-order valence-electron chi connectivity index (χ4n) is 0.718. The van der Waals surface area contributed by atoms with Crippen LogP contribution in [0, 0.1) is 0 Å². The van der Waals surface area contributed by atoms with Gasteiger partial charge in [0.15, 0.2) is 0 Å². The third-order valence-corrected chi connectivity index (χ3v) is 1.13. The van der Waals surface area contributed by atoms with Crippen molar-refractivity contribution >= 4 is 18.3 Å². The molecule has 5 heteroatoms. The van der Waals surface area contributed by atoms with Crippen molar-refractivity contribution in [1.82, 2.24) is 5.06 Å². The molecule has 4 nitrogen and oxygen atoms in total. The number of rotatable bonds is 0. The van der Waals surface area contributed by atoms with Crippen LogP contribution in [-0.2, 0) is 4.79 Å². The van der Waals surface area contributed by atoms with Gasteiger partial charge in [-0.3, -0.25) is 10.0 Å². The van der Waals surface area contributed by atoms with Crippen molar-refractivity contribution in [3.8, 4) is 0 Å². The molecule has 0 aromatic heterocycles. The number of hydroxylamine groups is 2. The molecule has 0 bridgehead atoms. The summed E-state index contributed by atoms with van der Waals surface area (Å²) in [6.45, 7) is 0.277. The molecule has 0 saturated carbocycles. The maximum Gasteiger partial charge on any atom is 0.247 e. The Morgan fingerprint density at radius 3 is 2.44 bits per heavy atom. The summed E-state index contributed by atoms with van der Waals surface area (Å²) in [7, 11) is 0. The van der Waals surface area contributed by atoms with Crippen LogP contribution in [0.4, 0.5) is 0 Å². The molecule has 1 rings (SSSR count). The summed E-state index contributed by atoms with van der Waals surface area (Å²) in [4.78, 5) is 10.4. The SMILES string of the molecule is Cl.NC1CC(=O)N(O)C1. The lowest BCUT2D eigenvalue weighted by molar-refractivity contribution is -0.157. The summed E-state index contributed by atoms with van der Waals surface area (Å²) in [5.41, 5.74) is 5.29. The van der Waals surface area contributed by atoms with Gasteiger partial charge in [-0.1, -0.05) is 0 Å². The highest BCUT2D eigenvalue weighted by Gasteiger charge is 2.24. The Hall–Kier alpha value is -0.320. The van der Waals surface area contributed by atoms with E-state index in [9.17, 15) is 4.79 Å². The summed E-state index contributed by atoms with van der Waals surface area (Å²) < 4.78 is 0.